The molecule has 3 heteroatoms. The monoisotopic (exact) mass is 320 g/mol. The van der Waals surface area contributed by atoms with E-state index in [0.29, 0.717) is 11.5 Å². The smallest absolute Gasteiger partial charge is 0.333 e. The van der Waals surface area contributed by atoms with E-state index in [1.54, 1.807) is 13.0 Å². The minimum atomic E-state index is -0.774. The number of carbonyl (C=O) groups excluding carboxylic acids is 1. The number of carbonyl (C=O) groups is 1. The van der Waals surface area contributed by atoms with Crippen LogP contribution in [0.25, 0.3) is 0 Å². The molecule has 0 amide bonds. The Morgan fingerprint density at radius 2 is 2.09 bits per heavy atom. The van der Waals surface area contributed by atoms with Crippen LogP contribution in [-0.2, 0) is 9.53 Å². The Morgan fingerprint density at radius 1 is 1.43 bits per heavy atom. The number of allylic oxidation sites excluding steroid dienone is 2. The number of esters is 1. The molecule has 0 unspecified atom stereocenters. The van der Waals surface area contributed by atoms with Crippen LogP contribution < -0.4 is 0 Å². The average Bonchev–Trinajstić information content (AvgIpc) is 2.72. The molecule has 3 nitrogen and oxygen atoms in total. The third kappa shape index (κ3) is 3.00. The second-order valence-electron chi connectivity index (χ2n) is 8.04. The van der Waals surface area contributed by atoms with Gasteiger partial charge in [-0.15, -0.1) is 0 Å². The van der Waals surface area contributed by atoms with E-state index >= 15 is 0 Å². The van der Waals surface area contributed by atoms with Gasteiger partial charge in [0, 0.05) is 11.0 Å². The predicted octanol–water partition coefficient (Wildman–Crippen LogP) is 4.41. The number of aliphatic hydroxyl groups is 1. The zero-order chi connectivity index (χ0) is 17.4. The Labute approximate surface area is 140 Å². The van der Waals surface area contributed by atoms with Crippen molar-refractivity contribution in [2.24, 2.45) is 17.3 Å². The Hall–Kier alpha value is -1.09. The van der Waals surface area contributed by atoms with E-state index in [1.165, 1.54) is 5.57 Å². The van der Waals surface area contributed by atoms with Crippen LogP contribution >= 0.6 is 0 Å². The van der Waals surface area contributed by atoms with Crippen molar-refractivity contribution in [2.75, 3.05) is 0 Å². The van der Waals surface area contributed by atoms with Gasteiger partial charge in [-0.25, -0.2) is 4.79 Å². The minimum absolute atomic E-state index is 0.260. The molecule has 2 rings (SSSR count). The second-order valence-corrected chi connectivity index (χ2v) is 8.04. The molecule has 0 aromatic carbocycles. The fourth-order valence-electron chi connectivity index (χ4n) is 4.48. The quantitative estimate of drug-likeness (QED) is 0.476. The summed E-state index contributed by atoms with van der Waals surface area (Å²) in [6.45, 7) is 12.2. The Balaban J connectivity index is 2.40. The highest BCUT2D eigenvalue weighted by Gasteiger charge is 2.61. The molecule has 2 aliphatic carbocycles. The Kier molecular flexibility index (Phi) is 5.10. The molecule has 23 heavy (non-hydrogen) atoms. The third-order valence-corrected chi connectivity index (χ3v) is 6.34. The van der Waals surface area contributed by atoms with Crippen LogP contribution in [-0.4, -0.2) is 22.8 Å². The highest BCUT2D eigenvalue weighted by Crippen LogP contribution is 2.58. The molecular formula is C20H32O3. The fourth-order valence-corrected chi connectivity index (χ4v) is 4.48. The molecular weight excluding hydrogens is 288 g/mol. The summed E-state index contributed by atoms with van der Waals surface area (Å²) in [6, 6.07) is 0. The molecule has 0 heterocycles. The molecule has 4 atom stereocenters. The Bertz CT molecular complexity index is 531. The highest BCUT2D eigenvalue weighted by atomic mass is 16.5. The Morgan fingerprint density at radius 3 is 2.65 bits per heavy atom. The van der Waals surface area contributed by atoms with Gasteiger partial charge >= 0.3 is 5.97 Å². The number of hydrogen-bond acceptors (Lipinski definition) is 3. The second kappa shape index (κ2) is 6.43. The van der Waals surface area contributed by atoms with Crippen molar-refractivity contribution >= 4 is 5.97 Å². The topological polar surface area (TPSA) is 46.5 Å². The summed E-state index contributed by atoms with van der Waals surface area (Å²) in [5, 5.41) is 11.6. The van der Waals surface area contributed by atoms with E-state index < -0.39 is 11.0 Å². The first-order valence-corrected chi connectivity index (χ1v) is 8.89. The highest BCUT2D eigenvalue weighted by molar-refractivity contribution is 5.87. The van der Waals surface area contributed by atoms with Crippen molar-refractivity contribution < 1.29 is 14.6 Å². The lowest BCUT2D eigenvalue weighted by Crippen LogP contribution is -2.53. The van der Waals surface area contributed by atoms with Crippen molar-refractivity contribution in [2.45, 2.75) is 78.9 Å². The standard InChI is InChI=1S/C20H32O3/c1-7-15(5)18(21)23-17-12-14(4)8-11-20(22)16(13(2)3)9-10-19(17,20)6/h7,12-13,16-17,22H,8-11H2,1-6H3/b15-7-/t16-,17-,19-,20+/m1/s1. The van der Waals surface area contributed by atoms with Gasteiger partial charge in [-0.2, -0.15) is 0 Å². The molecule has 0 bridgehead atoms. The average molecular weight is 320 g/mol. The number of hydrogen-bond donors (Lipinski definition) is 1. The van der Waals surface area contributed by atoms with Crippen LogP contribution in [0.1, 0.15) is 67.2 Å². The van der Waals surface area contributed by atoms with Gasteiger partial charge in [0.15, 0.2) is 0 Å². The van der Waals surface area contributed by atoms with Crippen molar-refractivity contribution in [3.05, 3.63) is 23.3 Å². The molecule has 0 aromatic heterocycles. The molecule has 1 saturated carbocycles. The van der Waals surface area contributed by atoms with Crippen molar-refractivity contribution in [1.29, 1.82) is 0 Å². The maximum Gasteiger partial charge on any atom is 0.333 e. The number of fused-ring (bicyclic) bond motifs is 1. The molecule has 1 fully saturated rings. The normalized spacial score (nSPS) is 38.1. The van der Waals surface area contributed by atoms with Crippen molar-refractivity contribution in [1.82, 2.24) is 0 Å². The molecule has 130 valence electrons. The van der Waals surface area contributed by atoms with Gasteiger partial charge in [0.05, 0.1) is 5.60 Å². The molecule has 1 N–H and O–H groups in total. The van der Waals surface area contributed by atoms with Crippen LogP contribution in [0.4, 0.5) is 0 Å². The first-order valence-electron chi connectivity index (χ1n) is 8.89. The van der Waals surface area contributed by atoms with E-state index in [4.69, 9.17) is 4.74 Å². The first kappa shape index (κ1) is 18.3. The van der Waals surface area contributed by atoms with Gasteiger partial charge in [0.1, 0.15) is 6.10 Å². The molecule has 0 saturated heterocycles. The summed E-state index contributed by atoms with van der Waals surface area (Å²) in [5.74, 6) is 0.407. The van der Waals surface area contributed by atoms with Crippen molar-refractivity contribution in [3.63, 3.8) is 0 Å². The summed E-state index contributed by atoms with van der Waals surface area (Å²) in [4.78, 5) is 12.3. The number of ether oxygens (including phenoxy) is 1. The first-order chi connectivity index (χ1) is 10.7. The van der Waals surface area contributed by atoms with Gasteiger partial charge < -0.3 is 9.84 Å². The molecule has 0 radical (unpaired) electrons. The van der Waals surface area contributed by atoms with Crippen molar-refractivity contribution in [3.8, 4) is 0 Å². The number of rotatable bonds is 3. The molecule has 0 aromatic rings. The van der Waals surface area contributed by atoms with Crippen LogP contribution in [0.2, 0.25) is 0 Å². The lowest BCUT2D eigenvalue weighted by atomic mass is 9.66. The molecule has 0 aliphatic heterocycles. The van der Waals surface area contributed by atoms with Gasteiger partial charge in [0.25, 0.3) is 0 Å². The minimum Gasteiger partial charge on any atom is -0.454 e. The third-order valence-electron chi connectivity index (χ3n) is 6.34. The SMILES string of the molecule is C/C=C(/C)C(=O)O[C@@H]1C=C(C)CC[C@]2(O)[C@@H](C(C)C)CC[C@]12C. The zero-order valence-corrected chi connectivity index (χ0v) is 15.5. The molecule has 0 spiro atoms. The van der Waals surface area contributed by atoms with E-state index in [0.717, 1.165) is 25.7 Å². The fraction of sp³-hybridized carbons (Fsp3) is 0.750. The largest absolute Gasteiger partial charge is 0.454 e. The van der Waals surface area contributed by atoms with Crippen LogP contribution in [0.3, 0.4) is 0 Å². The lowest BCUT2D eigenvalue weighted by molar-refractivity contribution is -0.166. The van der Waals surface area contributed by atoms with E-state index in [1.807, 2.05) is 6.92 Å². The van der Waals surface area contributed by atoms with E-state index in [2.05, 4.69) is 33.8 Å². The van der Waals surface area contributed by atoms with Crippen LogP contribution in [0.15, 0.2) is 23.3 Å². The van der Waals surface area contributed by atoms with E-state index in [9.17, 15) is 9.90 Å². The van der Waals surface area contributed by atoms with Crippen LogP contribution in [0.5, 0.6) is 0 Å². The summed E-state index contributed by atoms with van der Waals surface area (Å²) >= 11 is 0. The lowest BCUT2D eigenvalue weighted by Gasteiger charge is -2.46. The van der Waals surface area contributed by atoms with Crippen LogP contribution in [0, 0.1) is 17.3 Å². The van der Waals surface area contributed by atoms with Gasteiger partial charge in [0.2, 0.25) is 0 Å². The maximum absolute atomic E-state index is 12.3. The molecule has 2 aliphatic rings. The van der Waals surface area contributed by atoms with Gasteiger partial charge in [-0.1, -0.05) is 32.4 Å². The van der Waals surface area contributed by atoms with Gasteiger partial charge in [-0.3, -0.25) is 0 Å². The summed E-state index contributed by atoms with van der Waals surface area (Å²) in [5.41, 5.74) is 0.631. The predicted molar refractivity (Wildman–Crippen MR) is 92.9 cm³/mol. The summed E-state index contributed by atoms with van der Waals surface area (Å²) < 4.78 is 5.86. The summed E-state index contributed by atoms with van der Waals surface area (Å²) in [7, 11) is 0. The van der Waals surface area contributed by atoms with Gasteiger partial charge in [-0.05, 0) is 64.4 Å². The summed E-state index contributed by atoms with van der Waals surface area (Å²) in [6.07, 6.45) is 6.99. The zero-order valence-electron chi connectivity index (χ0n) is 15.5. The van der Waals surface area contributed by atoms with E-state index in [-0.39, 0.29) is 18.0 Å². The maximum atomic E-state index is 12.3.